The first kappa shape index (κ1) is 17.2. The van der Waals surface area contributed by atoms with Crippen LogP contribution < -0.4 is 0 Å². The van der Waals surface area contributed by atoms with Crippen molar-refractivity contribution < 1.29 is 14.3 Å². The number of carbonyl (C=O) groups is 2. The molecule has 2 rings (SSSR count). The van der Waals surface area contributed by atoms with E-state index in [0.29, 0.717) is 18.0 Å². The third-order valence-electron chi connectivity index (χ3n) is 3.55. The van der Waals surface area contributed by atoms with E-state index in [0.717, 1.165) is 21.2 Å². The van der Waals surface area contributed by atoms with Crippen LogP contribution in [0.3, 0.4) is 0 Å². The highest BCUT2D eigenvalue weighted by atomic mass is 32.1. The van der Waals surface area contributed by atoms with Gasteiger partial charge in [0.25, 0.3) is 5.91 Å². The molecule has 1 heterocycles. The van der Waals surface area contributed by atoms with Crippen molar-refractivity contribution >= 4 is 33.3 Å². The van der Waals surface area contributed by atoms with Gasteiger partial charge in [0.1, 0.15) is 4.88 Å². The topological polar surface area (TPSA) is 46.6 Å². The SMILES string of the molecule is C=C(C)CN(CC)C(=O)COC(=O)c1sc2ccccc2c1C. The van der Waals surface area contributed by atoms with Crippen LogP contribution in [0.2, 0.25) is 0 Å². The van der Waals surface area contributed by atoms with Crippen LogP contribution >= 0.6 is 11.3 Å². The van der Waals surface area contributed by atoms with E-state index in [-0.39, 0.29) is 12.5 Å². The van der Waals surface area contributed by atoms with Gasteiger partial charge < -0.3 is 9.64 Å². The van der Waals surface area contributed by atoms with Gasteiger partial charge >= 0.3 is 5.97 Å². The number of benzene rings is 1. The predicted molar refractivity (Wildman–Crippen MR) is 93.9 cm³/mol. The van der Waals surface area contributed by atoms with Crippen molar-refractivity contribution in [1.82, 2.24) is 4.90 Å². The van der Waals surface area contributed by atoms with E-state index in [4.69, 9.17) is 4.74 Å². The summed E-state index contributed by atoms with van der Waals surface area (Å²) in [5, 5.41) is 1.05. The Morgan fingerprint density at radius 3 is 2.61 bits per heavy atom. The molecule has 0 fully saturated rings. The molecule has 23 heavy (non-hydrogen) atoms. The number of amides is 1. The molecule has 2 aromatic rings. The van der Waals surface area contributed by atoms with Gasteiger partial charge in [0.15, 0.2) is 6.61 Å². The summed E-state index contributed by atoms with van der Waals surface area (Å²) >= 11 is 1.39. The van der Waals surface area contributed by atoms with E-state index in [9.17, 15) is 9.59 Å². The minimum absolute atomic E-state index is 0.206. The van der Waals surface area contributed by atoms with E-state index in [1.54, 1.807) is 4.90 Å². The average Bonchev–Trinajstić information content (AvgIpc) is 2.87. The fourth-order valence-corrected chi connectivity index (χ4v) is 3.46. The average molecular weight is 331 g/mol. The fourth-order valence-electron chi connectivity index (χ4n) is 2.36. The Kier molecular flexibility index (Phi) is 5.55. The number of aryl methyl sites for hydroxylation is 1. The van der Waals surface area contributed by atoms with Crippen LogP contribution in [0, 0.1) is 6.92 Å². The van der Waals surface area contributed by atoms with Crippen LogP contribution in [0.5, 0.6) is 0 Å². The minimum Gasteiger partial charge on any atom is -0.451 e. The number of thiophene rings is 1. The van der Waals surface area contributed by atoms with E-state index < -0.39 is 5.97 Å². The summed E-state index contributed by atoms with van der Waals surface area (Å²) in [4.78, 5) is 26.6. The molecular formula is C18H21NO3S. The quantitative estimate of drug-likeness (QED) is 0.597. The fraction of sp³-hybridized carbons (Fsp3) is 0.333. The predicted octanol–water partition coefficient (Wildman–Crippen LogP) is 3.79. The zero-order valence-corrected chi connectivity index (χ0v) is 14.5. The maximum absolute atomic E-state index is 12.3. The molecule has 0 aliphatic heterocycles. The van der Waals surface area contributed by atoms with Crippen molar-refractivity contribution in [3.63, 3.8) is 0 Å². The molecule has 1 aromatic carbocycles. The molecule has 4 nitrogen and oxygen atoms in total. The zero-order chi connectivity index (χ0) is 17.0. The van der Waals surface area contributed by atoms with Gasteiger partial charge in [-0.15, -0.1) is 11.3 Å². The van der Waals surface area contributed by atoms with Crippen LogP contribution in [0.25, 0.3) is 10.1 Å². The van der Waals surface area contributed by atoms with Crippen LogP contribution in [-0.4, -0.2) is 36.5 Å². The van der Waals surface area contributed by atoms with Gasteiger partial charge in [-0.25, -0.2) is 4.79 Å². The molecule has 0 saturated carbocycles. The molecular weight excluding hydrogens is 310 g/mol. The highest BCUT2D eigenvalue weighted by Crippen LogP contribution is 2.30. The normalized spacial score (nSPS) is 10.6. The summed E-state index contributed by atoms with van der Waals surface area (Å²) in [7, 11) is 0. The molecule has 5 heteroatoms. The minimum atomic E-state index is -0.441. The molecule has 0 aliphatic rings. The lowest BCUT2D eigenvalue weighted by atomic mass is 10.1. The summed E-state index contributed by atoms with van der Waals surface area (Å²) in [5.74, 6) is -0.647. The van der Waals surface area contributed by atoms with Crippen molar-refractivity contribution in [2.24, 2.45) is 0 Å². The molecule has 1 amide bonds. The van der Waals surface area contributed by atoms with Crippen LogP contribution in [0.1, 0.15) is 29.1 Å². The van der Waals surface area contributed by atoms with Crippen molar-refractivity contribution in [1.29, 1.82) is 0 Å². The Hall–Kier alpha value is -2.14. The van der Waals surface area contributed by atoms with Gasteiger partial charge in [-0.05, 0) is 37.8 Å². The van der Waals surface area contributed by atoms with Crippen molar-refractivity contribution in [2.45, 2.75) is 20.8 Å². The number of hydrogen-bond acceptors (Lipinski definition) is 4. The summed E-state index contributed by atoms with van der Waals surface area (Å²) in [5.41, 5.74) is 1.80. The molecule has 0 unspecified atom stereocenters. The zero-order valence-electron chi connectivity index (χ0n) is 13.7. The third-order valence-corrected chi connectivity index (χ3v) is 4.80. The Bertz CT molecular complexity index is 748. The Morgan fingerprint density at radius 1 is 1.30 bits per heavy atom. The lowest BCUT2D eigenvalue weighted by Crippen LogP contribution is -2.35. The second-order valence-electron chi connectivity index (χ2n) is 5.49. The number of fused-ring (bicyclic) bond motifs is 1. The second-order valence-corrected chi connectivity index (χ2v) is 6.55. The second kappa shape index (κ2) is 7.42. The number of esters is 1. The van der Waals surface area contributed by atoms with E-state index in [1.165, 1.54) is 11.3 Å². The monoisotopic (exact) mass is 331 g/mol. The number of carbonyl (C=O) groups excluding carboxylic acids is 2. The third kappa shape index (κ3) is 3.99. The standard InChI is InChI=1S/C18H21NO3S/c1-5-19(10-12(2)3)16(20)11-22-18(21)17-13(4)14-8-6-7-9-15(14)23-17/h6-9H,2,5,10-11H2,1,3-4H3. The molecule has 0 N–H and O–H groups in total. The Labute approximate surface area is 140 Å². The van der Waals surface area contributed by atoms with Crippen molar-refractivity contribution in [2.75, 3.05) is 19.7 Å². The van der Waals surface area contributed by atoms with Gasteiger partial charge in [-0.2, -0.15) is 0 Å². The van der Waals surface area contributed by atoms with Gasteiger partial charge in [0.05, 0.1) is 0 Å². The van der Waals surface area contributed by atoms with E-state index >= 15 is 0 Å². The number of likely N-dealkylation sites (N-methyl/N-ethyl adjacent to an activating group) is 1. The van der Waals surface area contributed by atoms with E-state index in [1.807, 2.05) is 45.0 Å². The molecule has 0 bridgehead atoms. The molecule has 0 radical (unpaired) electrons. The molecule has 122 valence electrons. The summed E-state index contributed by atoms with van der Waals surface area (Å²) in [6, 6.07) is 7.83. The van der Waals surface area contributed by atoms with Crippen molar-refractivity contribution in [3.8, 4) is 0 Å². The molecule has 1 aromatic heterocycles. The maximum Gasteiger partial charge on any atom is 0.349 e. The summed E-state index contributed by atoms with van der Waals surface area (Å²) < 4.78 is 6.26. The summed E-state index contributed by atoms with van der Waals surface area (Å²) in [6.45, 7) is 10.3. The van der Waals surface area contributed by atoms with Gasteiger partial charge in [-0.1, -0.05) is 30.4 Å². The van der Waals surface area contributed by atoms with Crippen molar-refractivity contribution in [3.05, 3.63) is 46.9 Å². The number of rotatable bonds is 6. The molecule has 0 aliphatic carbocycles. The van der Waals surface area contributed by atoms with E-state index in [2.05, 4.69) is 6.58 Å². The smallest absolute Gasteiger partial charge is 0.349 e. The van der Waals surface area contributed by atoms with Gasteiger partial charge in [-0.3, -0.25) is 4.79 Å². The van der Waals surface area contributed by atoms with Gasteiger partial charge in [0, 0.05) is 17.8 Å². The molecule has 0 atom stereocenters. The molecule has 0 saturated heterocycles. The first-order valence-electron chi connectivity index (χ1n) is 7.51. The number of ether oxygens (including phenoxy) is 1. The maximum atomic E-state index is 12.3. The first-order valence-corrected chi connectivity index (χ1v) is 8.33. The Morgan fingerprint density at radius 2 is 2.00 bits per heavy atom. The number of hydrogen-bond donors (Lipinski definition) is 0. The highest BCUT2D eigenvalue weighted by Gasteiger charge is 2.19. The summed E-state index contributed by atoms with van der Waals surface area (Å²) in [6.07, 6.45) is 0. The van der Waals surface area contributed by atoms with Crippen LogP contribution in [-0.2, 0) is 9.53 Å². The largest absolute Gasteiger partial charge is 0.451 e. The lowest BCUT2D eigenvalue weighted by Gasteiger charge is -2.20. The van der Waals surface area contributed by atoms with Crippen LogP contribution in [0.4, 0.5) is 0 Å². The van der Waals surface area contributed by atoms with Crippen LogP contribution in [0.15, 0.2) is 36.4 Å². The highest BCUT2D eigenvalue weighted by molar-refractivity contribution is 7.21. The first-order chi connectivity index (χ1) is 10.9. The molecule has 0 spiro atoms. The van der Waals surface area contributed by atoms with Gasteiger partial charge in [0.2, 0.25) is 0 Å². The lowest BCUT2D eigenvalue weighted by molar-refractivity contribution is -0.133. The number of nitrogens with zero attached hydrogens (tertiary/aromatic N) is 1. The Balaban J connectivity index is 2.05.